The maximum Gasteiger partial charge on any atom is 0.394 e. The number of nitrogens with zero attached hydrogens (tertiary/aromatic N) is 4. The molecule has 1 aliphatic carbocycles. The highest BCUT2D eigenvalue weighted by Crippen LogP contribution is 2.56. The minimum atomic E-state index is -3.18. The third-order valence-electron chi connectivity index (χ3n) is 4.15. The summed E-state index contributed by atoms with van der Waals surface area (Å²) >= 11 is 0. The second kappa shape index (κ2) is 9.08. The van der Waals surface area contributed by atoms with Crippen LogP contribution in [-0.4, -0.2) is 75.1 Å². The summed E-state index contributed by atoms with van der Waals surface area (Å²) < 4.78 is 44.5. The van der Waals surface area contributed by atoms with Gasteiger partial charge in [-0.15, -0.1) is 0 Å². The largest absolute Gasteiger partial charge is 0.426 e. The van der Waals surface area contributed by atoms with Gasteiger partial charge in [0.1, 0.15) is 11.5 Å². The van der Waals surface area contributed by atoms with Gasteiger partial charge in [0.25, 0.3) is 0 Å². The fourth-order valence-electron chi connectivity index (χ4n) is 2.48. The van der Waals surface area contributed by atoms with Crippen LogP contribution < -0.4 is 0 Å². The Hall–Kier alpha value is -0.880. The first-order valence-electron chi connectivity index (χ1n) is 8.63. The average molecular weight is 420 g/mol. The van der Waals surface area contributed by atoms with Gasteiger partial charge in [-0.1, -0.05) is 5.57 Å². The first-order chi connectivity index (χ1) is 12.3. The molecule has 0 aromatic heterocycles. The Morgan fingerprint density at radius 2 is 1.19 bits per heavy atom. The third-order valence-corrected chi connectivity index (χ3v) is 9.10. The molecule has 10 heteroatoms. The molecule has 8 nitrogen and oxygen atoms in total. The van der Waals surface area contributed by atoms with Crippen molar-refractivity contribution in [2.75, 3.05) is 56.4 Å². The van der Waals surface area contributed by atoms with E-state index in [1.54, 1.807) is 87.2 Å². The van der Waals surface area contributed by atoms with Gasteiger partial charge in [-0.25, -0.2) is 27.8 Å². The van der Waals surface area contributed by atoms with Gasteiger partial charge < -0.3 is 9.05 Å². The summed E-state index contributed by atoms with van der Waals surface area (Å²) in [6.45, 7) is 3.92. The molecule has 0 aromatic rings. The summed E-state index contributed by atoms with van der Waals surface area (Å²) in [4.78, 5) is 0. The van der Waals surface area contributed by atoms with Crippen LogP contribution in [0, 0.1) is 0 Å². The zero-order valence-corrected chi connectivity index (χ0v) is 20.0. The van der Waals surface area contributed by atoms with E-state index < -0.39 is 15.3 Å². The minimum Gasteiger partial charge on any atom is -0.426 e. The molecule has 0 bridgehead atoms. The highest BCUT2D eigenvalue weighted by atomic mass is 31.2. The Kier molecular flexibility index (Phi) is 8.12. The van der Waals surface area contributed by atoms with Crippen LogP contribution in [0.3, 0.4) is 0 Å². The fraction of sp³-hybridized carbons (Fsp3) is 0.647. The Morgan fingerprint density at radius 1 is 0.778 bits per heavy atom. The predicted molar refractivity (Wildman–Crippen MR) is 111 cm³/mol. The topological polar surface area (TPSA) is 65.6 Å². The Balaban J connectivity index is 3.28. The Bertz CT molecular complexity index is 711. The summed E-state index contributed by atoms with van der Waals surface area (Å²) in [5.41, 5.74) is 1.89. The Morgan fingerprint density at radius 3 is 1.56 bits per heavy atom. The van der Waals surface area contributed by atoms with E-state index in [-0.39, 0.29) is 0 Å². The standard InChI is InChI=1S/C17H34N4O4P2/c1-14(2)16-13-15(24-26(22,18(3)4)19(5)6)11-12-17(16)25-27(23,20(7)8)21(9)10/h11-12H,13H2,1-10H3. The molecule has 27 heavy (non-hydrogen) atoms. The van der Waals surface area contributed by atoms with Gasteiger partial charge in [-0.2, -0.15) is 0 Å². The number of rotatable bonds is 8. The molecule has 0 amide bonds. The maximum atomic E-state index is 13.2. The molecule has 156 valence electrons. The van der Waals surface area contributed by atoms with E-state index in [1.165, 1.54) is 0 Å². The van der Waals surface area contributed by atoms with Crippen molar-refractivity contribution in [3.05, 3.63) is 34.8 Å². The van der Waals surface area contributed by atoms with Gasteiger partial charge >= 0.3 is 15.3 Å². The second-order valence-corrected chi connectivity index (χ2v) is 12.9. The lowest BCUT2D eigenvalue weighted by Crippen LogP contribution is -2.24. The SMILES string of the molecule is CC(C)=C1CC(OP(=O)(N(C)C)N(C)C)=CC=C1OP(=O)(N(C)C)N(C)C. The summed E-state index contributed by atoms with van der Waals surface area (Å²) in [6.07, 6.45) is 3.88. The number of allylic oxidation sites excluding steroid dienone is 5. The Labute approximate surface area is 164 Å². The lowest BCUT2D eigenvalue weighted by molar-refractivity contribution is 0.288. The average Bonchev–Trinajstić information content (AvgIpc) is 2.54. The van der Waals surface area contributed by atoms with Gasteiger partial charge in [-0.05, 0) is 82.4 Å². The van der Waals surface area contributed by atoms with Crippen molar-refractivity contribution >= 4 is 15.3 Å². The van der Waals surface area contributed by atoms with Crippen LogP contribution in [0.1, 0.15) is 20.3 Å². The lowest BCUT2D eigenvalue weighted by atomic mass is 10.00. The zero-order valence-electron chi connectivity index (χ0n) is 18.2. The molecule has 0 spiro atoms. The lowest BCUT2D eigenvalue weighted by Gasteiger charge is -2.34. The molecule has 0 saturated heterocycles. The van der Waals surface area contributed by atoms with E-state index in [9.17, 15) is 9.13 Å². The van der Waals surface area contributed by atoms with Crippen molar-refractivity contribution in [1.82, 2.24) is 18.7 Å². The first kappa shape index (κ1) is 24.2. The van der Waals surface area contributed by atoms with E-state index in [0.717, 1.165) is 11.1 Å². The van der Waals surface area contributed by atoms with E-state index in [4.69, 9.17) is 9.05 Å². The molecule has 1 aliphatic rings. The van der Waals surface area contributed by atoms with Crippen LogP contribution in [0.4, 0.5) is 0 Å². The summed E-state index contributed by atoms with van der Waals surface area (Å²) in [7, 11) is 7.46. The number of hydrogen-bond donors (Lipinski definition) is 0. The minimum absolute atomic E-state index is 0.417. The molecule has 0 saturated carbocycles. The van der Waals surface area contributed by atoms with E-state index in [0.29, 0.717) is 17.9 Å². The van der Waals surface area contributed by atoms with Crippen molar-refractivity contribution in [1.29, 1.82) is 0 Å². The number of hydrogen-bond acceptors (Lipinski definition) is 4. The second-order valence-electron chi connectivity index (χ2n) is 7.37. The van der Waals surface area contributed by atoms with Crippen molar-refractivity contribution < 1.29 is 18.2 Å². The molecular weight excluding hydrogens is 386 g/mol. The molecule has 0 aromatic carbocycles. The van der Waals surface area contributed by atoms with Crippen LogP contribution in [0.25, 0.3) is 0 Å². The molecule has 1 rings (SSSR count). The highest BCUT2D eigenvalue weighted by Gasteiger charge is 2.36. The van der Waals surface area contributed by atoms with Crippen molar-refractivity contribution in [3.63, 3.8) is 0 Å². The van der Waals surface area contributed by atoms with E-state index >= 15 is 0 Å². The molecule has 0 atom stereocenters. The maximum absolute atomic E-state index is 13.2. The van der Waals surface area contributed by atoms with Crippen molar-refractivity contribution in [3.8, 4) is 0 Å². The first-order valence-corrected chi connectivity index (χ1v) is 11.7. The molecule has 0 aliphatic heterocycles. The molecule has 0 fully saturated rings. The summed E-state index contributed by atoms with van der Waals surface area (Å²) in [5.74, 6) is 1.12. The van der Waals surface area contributed by atoms with Crippen LogP contribution in [-0.2, 0) is 18.2 Å². The van der Waals surface area contributed by atoms with Crippen molar-refractivity contribution in [2.45, 2.75) is 20.3 Å². The van der Waals surface area contributed by atoms with E-state index in [2.05, 4.69) is 0 Å². The summed E-state index contributed by atoms with van der Waals surface area (Å²) in [5, 5.41) is 0. The molecule has 0 heterocycles. The van der Waals surface area contributed by atoms with Crippen molar-refractivity contribution in [2.24, 2.45) is 0 Å². The molecule has 0 N–H and O–H groups in total. The van der Waals surface area contributed by atoms with Crippen LogP contribution in [0.15, 0.2) is 34.8 Å². The smallest absolute Gasteiger partial charge is 0.394 e. The highest BCUT2D eigenvalue weighted by molar-refractivity contribution is 7.54. The van der Waals surface area contributed by atoms with E-state index in [1.807, 2.05) is 13.8 Å². The van der Waals surface area contributed by atoms with Gasteiger partial charge in [0.2, 0.25) is 0 Å². The van der Waals surface area contributed by atoms with Crippen LogP contribution >= 0.6 is 15.3 Å². The predicted octanol–water partition coefficient (Wildman–Crippen LogP) is 3.99. The quantitative estimate of drug-likeness (QED) is 0.546. The van der Waals surface area contributed by atoms with Gasteiger partial charge in [0.15, 0.2) is 0 Å². The third kappa shape index (κ3) is 5.35. The van der Waals surface area contributed by atoms with Crippen LogP contribution in [0.5, 0.6) is 0 Å². The fourth-order valence-corrected chi connectivity index (χ4v) is 5.43. The normalized spacial score (nSPS) is 16.1. The van der Waals surface area contributed by atoms with Crippen LogP contribution in [0.2, 0.25) is 0 Å². The monoisotopic (exact) mass is 420 g/mol. The molecule has 0 unspecified atom stereocenters. The van der Waals surface area contributed by atoms with Gasteiger partial charge in [0.05, 0.1) is 0 Å². The molecular formula is C17H34N4O4P2. The van der Waals surface area contributed by atoms with Gasteiger partial charge in [0, 0.05) is 12.0 Å². The zero-order chi connectivity index (χ0) is 21.2. The van der Waals surface area contributed by atoms with Gasteiger partial charge in [-0.3, -0.25) is 0 Å². The molecule has 0 radical (unpaired) electrons. The summed E-state index contributed by atoms with van der Waals surface area (Å²) in [6, 6.07) is 0.